The summed E-state index contributed by atoms with van der Waals surface area (Å²) in [5, 5.41) is 36.0. The fourth-order valence-corrected chi connectivity index (χ4v) is 5.02. The molecule has 5 rings (SSSR count). The lowest BCUT2D eigenvalue weighted by Gasteiger charge is -2.19. The second kappa shape index (κ2) is 8.60. The van der Waals surface area contributed by atoms with Crippen LogP contribution in [0.3, 0.4) is 0 Å². The lowest BCUT2D eigenvalue weighted by molar-refractivity contribution is 0.00777. The van der Waals surface area contributed by atoms with Crippen LogP contribution in [0.25, 0.3) is 27.7 Å². The van der Waals surface area contributed by atoms with E-state index in [1.165, 1.54) is 0 Å². The van der Waals surface area contributed by atoms with E-state index in [0.717, 1.165) is 27.6 Å². The van der Waals surface area contributed by atoms with Gasteiger partial charge in [-0.25, -0.2) is 10.1 Å². The van der Waals surface area contributed by atoms with Gasteiger partial charge in [0.25, 0.3) is 0 Å². The molecule has 0 spiro atoms. The third kappa shape index (κ3) is 4.24. The first-order valence-electron chi connectivity index (χ1n) is 10.8. The molecule has 0 aliphatic heterocycles. The molecule has 2 heterocycles. The third-order valence-corrected chi connectivity index (χ3v) is 6.80. The van der Waals surface area contributed by atoms with Gasteiger partial charge in [-0.05, 0) is 35.7 Å². The summed E-state index contributed by atoms with van der Waals surface area (Å²) < 4.78 is 28.5. The molecular weight excluding hydrogens is 458 g/mol. The van der Waals surface area contributed by atoms with E-state index >= 15 is 0 Å². The van der Waals surface area contributed by atoms with E-state index in [1.54, 1.807) is 16.8 Å². The number of rotatable bonds is 6. The number of nitrogens with one attached hydrogen (secondary N) is 1. The molecule has 2 aromatic carbocycles. The van der Waals surface area contributed by atoms with Crippen LogP contribution in [0.4, 0.5) is 5.82 Å². The maximum Gasteiger partial charge on any atom is 0.333 e. The molecule has 4 aromatic rings. The summed E-state index contributed by atoms with van der Waals surface area (Å²) in [6, 6.07) is 15.3. The average Bonchev–Trinajstić information content (AvgIpc) is 3.34. The number of aliphatic hydroxyl groups is 2. The predicted molar refractivity (Wildman–Crippen MR) is 127 cm³/mol. The van der Waals surface area contributed by atoms with Crippen LogP contribution in [0.15, 0.2) is 54.7 Å². The van der Waals surface area contributed by atoms with Crippen molar-refractivity contribution in [2.75, 3.05) is 11.9 Å². The van der Waals surface area contributed by atoms with Crippen LogP contribution in [0.2, 0.25) is 0 Å². The van der Waals surface area contributed by atoms with Crippen LogP contribution >= 0.6 is 0 Å². The van der Waals surface area contributed by atoms with Gasteiger partial charge < -0.3 is 15.5 Å². The summed E-state index contributed by atoms with van der Waals surface area (Å²) in [4.78, 5) is 4.43. The van der Waals surface area contributed by atoms with E-state index in [4.69, 9.17) is 10.2 Å². The molecule has 34 heavy (non-hydrogen) atoms. The molecule has 10 nitrogen and oxygen atoms in total. The highest BCUT2D eigenvalue weighted by atomic mass is 32.2. The predicted octanol–water partition coefficient (Wildman–Crippen LogP) is 1.60. The molecule has 0 bridgehead atoms. The first kappa shape index (κ1) is 22.7. The Morgan fingerprint density at radius 3 is 2.76 bits per heavy atom. The Bertz CT molecular complexity index is 1470. The van der Waals surface area contributed by atoms with Crippen molar-refractivity contribution in [3.05, 3.63) is 60.3 Å². The van der Waals surface area contributed by atoms with Crippen molar-refractivity contribution in [3.63, 3.8) is 0 Å². The van der Waals surface area contributed by atoms with E-state index in [1.807, 2.05) is 25.1 Å². The van der Waals surface area contributed by atoms with Crippen molar-refractivity contribution >= 4 is 32.5 Å². The Morgan fingerprint density at radius 1 is 1.18 bits per heavy atom. The zero-order valence-corrected chi connectivity index (χ0v) is 19.2. The zero-order chi connectivity index (χ0) is 24.0. The lowest BCUT2D eigenvalue weighted by atomic mass is 9.97. The fourth-order valence-electron chi connectivity index (χ4n) is 4.65. The topological polar surface area (TPSA) is 152 Å². The van der Waals surface area contributed by atoms with Crippen molar-refractivity contribution < 1.29 is 22.8 Å². The van der Waals surface area contributed by atoms with E-state index in [0.29, 0.717) is 11.5 Å². The number of aliphatic hydroxyl groups excluding tert-OH is 2. The van der Waals surface area contributed by atoms with Gasteiger partial charge in [0.15, 0.2) is 5.65 Å². The van der Waals surface area contributed by atoms with Gasteiger partial charge in [-0.1, -0.05) is 36.4 Å². The first-order valence-corrected chi connectivity index (χ1v) is 12.3. The van der Waals surface area contributed by atoms with Gasteiger partial charge >= 0.3 is 10.3 Å². The normalized spacial score (nSPS) is 23.1. The van der Waals surface area contributed by atoms with E-state index in [2.05, 4.69) is 38.7 Å². The van der Waals surface area contributed by atoms with E-state index < -0.39 is 34.5 Å². The van der Waals surface area contributed by atoms with Crippen LogP contribution in [-0.4, -0.2) is 58.1 Å². The molecule has 4 atom stereocenters. The lowest BCUT2D eigenvalue weighted by Crippen LogP contribution is -2.36. The summed E-state index contributed by atoms with van der Waals surface area (Å²) in [7, 11) is -4.14. The summed E-state index contributed by atoms with van der Waals surface area (Å²) in [6.45, 7) is 1.73. The summed E-state index contributed by atoms with van der Waals surface area (Å²) >= 11 is 0. The number of hydrogen-bond donors (Lipinski definition) is 4. The Balaban J connectivity index is 1.46. The molecule has 2 aromatic heterocycles. The van der Waals surface area contributed by atoms with Crippen molar-refractivity contribution in [1.82, 2.24) is 14.6 Å². The quantitative estimate of drug-likeness (QED) is 0.323. The number of aromatic nitrogens is 3. The first-order chi connectivity index (χ1) is 16.2. The standard InChI is InChI=1S/C23H25N5O5S/c1-13-6-7-14-4-2-3-5-16(14)21(13)17-11-20-25-9-8-19(28(20)27-17)26-18-10-15(22(29)23(18)30)12-33-34(24,31)32/h2-9,11,15,18,22-23,26,29-30H,10,12H2,1H3,(H2,24,31,32)/t15?,18-,22-,23+/m1/s1. The molecule has 1 saturated carbocycles. The van der Waals surface area contributed by atoms with Crippen LogP contribution in [0.1, 0.15) is 12.0 Å². The molecule has 178 valence electrons. The van der Waals surface area contributed by atoms with Gasteiger partial charge in [0.05, 0.1) is 24.4 Å². The average molecular weight is 484 g/mol. The highest BCUT2D eigenvalue weighted by molar-refractivity contribution is 7.84. The van der Waals surface area contributed by atoms with Crippen molar-refractivity contribution in [3.8, 4) is 11.3 Å². The molecule has 11 heteroatoms. The Hall–Kier alpha value is -3.09. The minimum Gasteiger partial charge on any atom is -0.390 e. The Labute approximate surface area is 196 Å². The SMILES string of the molecule is Cc1ccc2ccccc2c1-c1cc2nccc(N[C@@H]3CC(COS(N)(=O)=O)[C@@H](O)[C@H]3O)n2n1. The molecule has 1 aliphatic rings. The molecule has 5 N–H and O–H groups in total. The van der Waals surface area contributed by atoms with Gasteiger partial charge in [0, 0.05) is 23.7 Å². The fraction of sp³-hybridized carbons (Fsp3) is 0.304. The number of hydrogen-bond acceptors (Lipinski definition) is 8. The number of benzene rings is 2. The molecule has 0 radical (unpaired) electrons. The number of nitrogens with two attached hydrogens (primary N) is 1. The molecule has 0 saturated heterocycles. The molecule has 1 aliphatic carbocycles. The second-order valence-corrected chi connectivity index (χ2v) is 9.83. The van der Waals surface area contributed by atoms with Crippen molar-refractivity contribution in [1.29, 1.82) is 0 Å². The van der Waals surface area contributed by atoms with Gasteiger partial charge in [0.2, 0.25) is 0 Å². The van der Waals surface area contributed by atoms with Crippen LogP contribution in [0.5, 0.6) is 0 Å². The Kier molecular flexibility index (Phi) is 5.74. The van der Waals surface area contributed by atoms with Gasteiger partial charge in [-0.2, -0.15) is 18.0 Å². The largest absolute Gasteiger partial charge is 0.390 e. The van der Waals surface area contributed by atoms with Gasteiger partial charge in [-0.15, -0.1) is 0 Å². The molecule has 1 unspecified atom stereocenters. The summed E-state index contributed by atoms with van der Waals surface area (Å²) in [5.74, 6) is -0.0203. The zero-order valence-electron chi connectivity index (χ0n) is 18.4. The highest BCUT2D eigenvalue weighted by Crippen LogP contribution is 2.33. The molecule has 0 amide bonds. The van der Waals surface area contributed by atoms with Crippen LogP contribution in [0, 0.1) is 12.8 Å². The van der Waals surface area contributed by atoms with Gasteiger partial charge in [0.1, 0.15) is 11.9 Å². The molecule has 1 fully saturated rings. The number of fused-ring (bicyclic) bond motifs is 2. The third-order valence-electron chi connectivity index (χ3n) is 6.33. The minimum absolute atomic E-state index is 0.276. The highest BCUT2D eigenvalue weighted by Gasteiger charge is 2.42. The second-order valence-electron chi connectivity index (χ2n) is 8.61. The Morgan fingerprint density at radius 2 is 1.97 bits per heavy atom. The summed E-state index contributed by atoms with van der Waals surface area (Å²) in [6.07, 6.45) is -0.382. The van der Waals surface area contributed by atoms with E-state index in [-0.39, 0.29) is 13.0 Å². The van der Waals surface area contributed by atoms with E-state index in [9.17, 15) is 18.6 Å². The maximum absolute atomic E-state index is 11.1. The summed E-state index contributed by atoms with van der Waals surface area (Å²) in [5.41, 5.74) is 3.49. The number of aryl methyl sites for hydroxylation is 1. The minimum atomic E-state index is -4.14. The van der Waals surface area contributed by atoms with Crippen molar-refractivity contribution in [2.45, 2.75) is 31.6 Å². The maximum atomic E-state index is 11.1. The monoisotopic (exact) mass is 483 g/mol. The molecular formula is C23H25N5O5S. The number of nitrogens with zero attached hydrogens (tertiary/aromatic N) is 3. The van der Waals surface area contributed by atoms with Crippen LogP contribution < -0.4 is 10.5 Å². The van der Waals surface area contributed by atoms with Crippen LogP contribution in [-0.2, 0) is 14.5 Å². The van der Waals surface area contributed by atoms with Crippen molar-refractivity contribution in [2.24, 2.45) is 11.1 Å². The number of anilines is 1. The smallest absolute Gasteiger partial charge is 0.333 e. The van der Waals surface area contributed by atoms with Gasteiger partial charge in [-0.3, -0.25) is 4.18 Å².